The molecule has 0 radical (unpaired) electrons. The SMILES string of the molecule is CCCCCCOc1cc(C)nc(C)c1C(=O)Nc1c(C)cccc1C. The van der Waals surface area contributed by atoms with Crippen LogP contribution in [0.15, 0.2) is 24.3 Å². The molecule has 0 aliphatic rings. The van der Waals surface area contributed by atoms with E-state index >= 15 is 0 Å². The lowest BCUT2D eigenvalue weighted by molar-refractivity contribution is 0.102. The normalized spacial score (nSPS) is 10.7. The zero-order valence-electron chi connectivity index (χ0n) is 16.6. The number of ether oxygens (including phenoxy) is 1. The molecule has 0 aliphatic carbocycles. The molecule has 4 nitrogen and oxygen atoms in total. The fourth-order valence-corrected chi connectivity index (χ4v) is 3.08. The van der Waals surface area contributed by atoms with Crippen LogP contribution < -0.4 is 10.1 Å². The lowest BCUT2D eigenvalue weighted by Crippen LogP contribution is -2.18. The minimum absolute atomic E-state index is 0.170. The second-order valence-corrected chi connectivity index (χ2v) is 6.85. The van der Waals surface area contributed by atoms with Crippen LogP contribution in [0.1, 0.15) is 65.5 Å². The van der Waals surface area contributed by atoms with Gasteiger partial charge in [0.2, 0.25) is 0 Å². The van der Waals surface area contributed by atoms with E-state index < -0.39 is 0 Å². The van der Waals surface area contributed by atoms with E-state index in [9.17, 15) is 4.79 Å². The lowest BCUT2D eigenvalue weighted by Gasteiger charge is -2.16. The first-order valence-corrected chi connectivity index (χ1v) is 9.42. The van der Waals surface area contributed by atoms with Crippen molar-refractivity contribution in [2.75, 3.05) is 11.9 Å². The van der Waals surface area contributed by atoms with Crippen LogP contribution in [0, 0.1) is 27.7 Å². The average Bonchev–Trinajstić information content (AvgIpc) is 2.57. The highest BCUT2D eigenvalue weighted by atomic mass is 16.5. The fourth-order valence-electron chi connectivity index (χ4n) is 3.08. The number of nitrogens with one attached hydrogen (secondary N) is 1. The zero-order valence-corrected chi connectivity index (χ0v) is 16.6. The van der Waals surface area contributed by atoms with Crippen LogP contribution in [-0.2, 0) is 0 Å². The summed E-state index contributed by atoms with van der Waals surface area (Å²) in [5, 5.41) is 3.05. The Hall–Kier alpha value is -2.36. The largest absolute Gasteiger partial charge is 0.493 e. The molecule has 1 aromatic carbocycles. The summed E-state index contributed by atoms with van der Waals surface area (Å²) in [5.41, 5.74) is 5.00. The molecule has 26 heavy (non-hydrogen) atoms. The van der Waals surface area contributed by atoms with Crippen molar-refractivity contribution in [1.82, 2.24) is 4.98 Å². The third kappa shape index (κ3) is 5.07. The number of pyridine rings is 1. The van der Waals surface area contributed by atoms with E-state index in [4.69, 9.17) is 4.74 Å². The molecule has 1 aromatic heterocycles. The van der Waals surface area contributed by atoms with E-state index in [-0.39, 0.29) is 5.91 Å². The van der Waals surface area contributed by atoms with Gasteiger partial charge >= 0.3 is 0 Å². The monoisotopic (exact) mass is 354 g/mol. The van der Waals surface area contributed by atoms with Crippen molar-refractivity contribution >= 4 is 11.6 Å². The number of carbonyl (C=O) groups excluding carboxylic acids is 1. The van der Waals surface area contributed by atoms with Gasteiger partial charge in [-0.15, -0.1) is 0 Å². The average molecular weight is 354 g/mol. The first-order chi connectivity index (χ1) is 12.4. The van der Waals surface area contributed by atoms with E-state index in [1.807, 2.05) is 52.0 Å². The third-order valence-electron chi connectivity index (χ3n) is 4.49. The number of hydrogen-bond donors (Lipinski definition) is 1. The summed E-state index contributed by atoms with van der Waals surface area (Å²) in [6.07, 6.45) is 4.53. The van der Waals surface area contributed by atoms with Gasteiger partial charge in [0.05, 0.1) is 12.3 Å². The van der Waals surface area contributed by atoms with Gasteiger partial charge in [0.1, 0.15) is 11.3 Å². The van der Waals surface area contributed by atoms with E-state index in [2.05, 4.69) is 17.2 Å². The number of aryl methyl sites for hydroxylation is 4. The first-order valence-electron chi connectivity index (χ1n) is 9.42. The van der Waals surface area contributed by atoms with Crippen LogP contribution in [0.3, 0.4) is 0 Å². The molecule has 0 fully saturated rings. The number of rotatable bonds is 8. The van der Waals surface area contributed by atoms with Crippen molar-refractivity contribution in [2.24, 2.45) is 0 Å². The summed E-state index contributed by atoms with van der Waals surface area (Å²) in [5.74, 6) is 0.450. The van der Waals surface area contributed by atoms with E-state index in [0.29, 0.717) is 23.6 Å². The number of carbonyl (C=O) groups is 1. The Morgan fingerprint density at radius 3 is 2.42 bits per heavy atom. The molecule has 1 amide bonds. The van der Waals surface area contributed by atoms with Crippen LogP contribution in [-0.4, -0.2) is 17.5 Å². The Balaban J connectivity index is 2.22. The van der Waals surface area contributed by atoms with Crippen molar-refractivity contribution in [1.29, 1.82) is 0 Å². The smallest absolute Gasteiger partial charge is 0.261 e. The van der Waals surface area contributed by atoms with Crippen LogP contribution in [0.5, 0.6) is 5.75 Å². The maximum atomic E-state index is 13.0. The molecule has 2 aromatic rings. The van der Waals surface area contributed by atoms with Crippen molar-refractivity contribution in [3.05, 3.63) is 52.3 Å². The quantitative estimate of drug-likeness (QED) is 0.634. The van der Waals surface area contributed by atoms with Gasteiger partial charge in [-0.05, 0) is 45.2 Å². The Bertz CT molecular complexity index is 749. The van der Waals surface area contributed by atoms with Crippen molar-refractivity contribution in [3.8, 4) is 5.75 Å². The predicted molar refractivity (Wildman–Crippen MR) is 107 cm³/mol. The zero-order chi connectivity index (χ0) is 19.1. The minimum atomic E-state index is -0.170. The predicted octanol–water partition coefficient (Wildman–Crippen LogP) is 5.53. The van der Waals surface area contributed by atoms with Crippen molar-refractivity contribution in [3.63, 3.8) is 0 Å². The van der Waals surface area contributed by atoms with Gasteiger partial charge in [0, 0.05) is 17.4 Å². The number of nitrogens with zero attached hydrogens (tertiary/aromatic N) is 1. The lowest BCUT2D eigenvalue weighted by atomic mass is 10.1. The minimum Gasteiger partial charge on any atom is -0.493 e. The summed E-state index contributed by atoms with van der Waals surface area (Å²) in [4.78, 5) is 17.4. The molecule has 0 unspecified atom stereocenters. The molecule has 4 heteroatoms. The molecular weight excluding hydrogens is 324 g/mol. The van der Waals surface area contributed by atoms with Crippen molar-refractivity contribution in [2.45, 2.75) is 60.3 Å². The number of amides is 1. The maximum Gasteiger partial charge on any atom is 0.261 e. The molecule has 140 valence electrons. The molecule has 0 spiro atoms. The second kappa shape index (κ2) is 9.37. The van der Waals surface area contributed by atoms with Gasteiger partial charge in [-0.2, -0.15) is 0 Å². The van der Waals surface area contributed by atoms with E-state index in [1.165, 1.54) is 12.8 Å². The summed E-state index contributed by atoms with van der Waals surface area (Å²) in [7, 11) is 0. The van der Waals surface area contributed by atoms with E-state index in [0.717, 1.165) is 35.3 Å². The summed E-state index contributed by atoms with van der Waals surface area (Å²) < 4.78 is 5.96. The highest BCUT2D eigenvalue weighted by Gasteiger charge is 2.19. The summed E-state index contributed by atoms with van der Waals surface area (Å²) in [6.45, 7) is 10.6. The number of benzene rings is 1. The van der Waals surface area contributed by atoms with Gasteiger partial charge < -0.3 is 10.1 Å². The Labute approximate surface area is 157 Å². The first kappa shape index (κ1) is 20.0. The molecule has 1 heterocycles. The standard InChI is InChI=1S/C22H30N2O2/c1-6-7-8-9-13-26-19-14-17(4)23-18(5)20(19)22(25)24-21-15(2)11-10-12-16(21)3/h10-12,14H,6-9,13H2,1-5H3,(H,24,25). The molecule has 0 saturated carbocycles. The second-order valence-electron chi connectivity index (χ2n) is 6.85. The third-order valence-corrected chi connectivity index (χ3v) is 4.49. The highest BCUT2D eigenvalue weighted by molar-refractivity contribution is 6.07. The molecule has 0 aliphatic heterocycles. The van der Waals surface area contributed by atoms with E-state index in [1.54, 1.807) is 0 Å². The molecule has 0 atom stereocenters. The Kier molecular flexibility index (Phi) is 7.19. The molecule has 0 bridgehead atoms. The van der Waals surface area contributed by atoms with Crippen LogP contribution in [0.2, 0.25) is 0 Å². The van der Waals surface area contributed by atoms with Crippen molar-refractivity contribution < 1.29 is 9.53 Å². The number of hydrogen-bond acceptors (Lipinski definition) is 3. The topological polar surface area (TPSA) is 51.2 Å². The molecular formula is C22H30N2O2. The molecule has 1 N–H and O–H groups in total. The summed E-state index contributed by atoms with van der Waals surface area (Å²) >= 11 is 0. The number of aromatic nitrogens is 1. The maximum absolute atomic E-state index is 13.0. The Morgan fingerprint density at radius 2 is 1.77 bits per heavy atom. The molecule has 2 rings (SSSR count). The number of anilines is 1. The van der Waals surface area contributed by atoms with Gasteiger partial charge in [0.25, 0.3) is 5.91 Å². The Morgan fingerprint density at radius 1 is 1.08 bits per heavy atom. The van der Waals surface area contributed by atoms with Gasteiger partial charge in [-0.25, -0.2) is 0 Å². The van der Waals surface area contributed by atoms with Gasteiger partial charge in [0.15, 0.2) is 0 Å². The molecule has 0 saturated heterocycles. The van der Waals surface area contributed by atoms with Gasteiger partial charge in [-0.1, -0.05) is 44.4 Å². The van der Waals surface area contributed by atoms with Crippen LogP contribution in [0.4, 0.5) is 5.69 Å². The van der Waals surface area contributed by atoms with Crippen LogP contribution >= 0.6 is 0 Å². The number of unbranched alkanes of at least 4 members (excludes halogenated alkanes) is 3. The van der Waals surface area contributed by atoms with Gasteiger partial charge in [-0.3, -0.25) is 9.78 Å². The highest BCUT2D eigenvalue weighted by Crippen LogP contribution is 2.26. The van der Waals surface area contributed by atoms with Crippen LogP contribution in [0.25, 0.3) is 0 Å². The fraction of sp³-hybridized carbons (Fsp3) is 0.455. The summed E-state index contributed by atoms with van der Waals surface area (Å²) in [6, 6.07) is 7.83. The number of para-hydroxylation sites is 1.